The number of rotatable bonds is 3. The van der Waals surface area contributed by atoms with E-state index in [1.165, 1.54) is 12.1 Å². The first-order valence-corrected chi connectivity index (χ1v) is 7.16. The van der Waals surface area contributed by atoms with Crippen molar-refractivity contribution in [3.8, 4) is 11.1 Å². The second kappa shape index (κ2) is 6.55. The molecule has 1 aromatic heterocycles. The van der Waals surface area contributed by atoms with Crippen LogP contribution in [0, 0.1) is 0 Å². The Bertz CT molecular complexity index is 755. The standard InChI is InChI=1S/C14H7Cl3F3NO2/c15-7-2-9(16)13(10(17)3-7)6-1-8(14(18,19)20)11(21-5-6)4-12(22)23/h1-3,5H,4H2,(H,22,23). The number of halogens is 6. The summed E-state index contributed by atoms with van der Waals surface area (Å²) in [5.41, 5.74) is -1.59. The Kier molecular flexibility index (Phi) is 5.08. The largest absolute Gasteiger partial charge is 0.481 e. The zero-order valence-corrected chi connectivity index (χ0v) is 13.4. The normalized spacial score (nSPS) is 11.6. The highest BCUT2D eigenvalue weighted by Gasteiger charge is 2.35. The van der Waals surface area contributed by atoms with Gasteiger partial charge in [-0.05, 0) is 18.2 Å². The monoisotopic (exact) mass is 383 g/mol. The Hall–Kier alpha value is -1.50. The third-order valence-electron chi connectivity index (χ3n) is 2.89. The van der Waals surface area contributed by atoms with Crippen molar-refractivity contribution in [2.75, 3.05) is 0 Å². The molecule has 0 amide bonds. The third kappa shape index (κ3) is 4.07. The van der Waals surface area contributed by atoms with E-state index >= 15 is 0 Å². The summed E-state index contributed by atoms with van der Waals surface area (Å²) >= 11 is 17.7. The number of aliphatic carboxylic acids is 1. The van der Waals surface area contributed by atoms with Crippen molar-refractivity contribution in [3.05, 3.63) is 50.7 Å². The maximum absolute atomic E-state index is 13.1. The molecule has 1 aromatic carbocycles. The first kappa shape index (κ1) is 17.8. The van der Waals surface area contributed by atoms with Gasteiger partial charge in [-0.2, -0.15) is 13.2 Å². The van der Waals surface area contributed by atoms with Crippen molar-refractivity contribution in [3.63, 3.8) is 0 Å². The number of carboxylic acid groups (broad SMARTS) is 1. The fourth-order valence-electron chi connectivity index (χ4n) is 1.98. The number of carbonyl (C=O) groups is 1. The van der Waals surface area contributed by atoms with Crippen LogP contribution in [0.4, 0.5) is 13.2 Å². The molecule has 0 bridgehead atoms. The Labute approximate surface area is 143 Å². The van der Waals surface area contributed by atoms with Crippen LogP contribution in [0.25, 0.3) is 11.1 Å². The van der Waals surface area contributed by atoms with E-state index in [-0.39, 0.29) is 26.2 Å². The van der Waals surface area contributed by atoms with Crippen molar-refractivity contribution in [2.45, 2.75) is 12.6 Å². The molecule has 0 aliphatic carbocycles. The average Bonchev–Trinajstić information content (AvgIpc) is 2.37. The SMILES string of the molecule is O=C(O)Cc1ncc(-c2c(Cl)cc(Cl)cc2Cl)cc1C(F)(F)F. The summed E-state index contributed by atoms with van der Waals surface area (Å²) in [5, 5.41) is 9.05. The predicted octanol–water partition coefficient (Wildman–Crippen LogP) is 5.35. The van der Waals surface area contributed by atoms with Crippen LogP contribution >= 0.6 is 34.8 Å². The molecular formula is C14H7Cl3F3NO2. The van der Waals surface area contributed by atoms with Crippen LogP contribution in [0.3, 0.4) is 0 Å². The molecule has 122 valence electrons. The van der Waals surface area contributed by atoms with Gasteiger partial charge in [-0.15, -0.1) is 0 Å². The van der Waals surface area contributed by atoms with Gasteiger partial charge in [0.2, 0.25) is 0 Å². The summed E-state index contributed by atoms with van der Waals surface area (Å²) in [7, 11) is 0. The lowest BCUT2D eigenvalue weighted by molar-refractivity contribution is -0.140. The van der Waals surface area contributed by atoms with E-state index in [1.54, 1.807) is 0 Å². The van der Waals surface area contributed by atoms with E-state index in [9.17, 15) is 18.0 Å². The molecule has 0 radical (unpaired) electrons. The van der Waals surface area contributed by atoms with Crippen LogP contribution < -0.4 is 0 Å². The molecule has 0 atom stereocenters. The van der Waals surface area contributed by atoms with Crippen LogP contribution in [0.15, 0.2) is 24.4 Å². The molecule has 0 aliphatic heterocycles. The van der Waals surface area contributed by atoms with E-state index < -0.39 is 29.8 Å². The minimum Gasteiger partial charge on any atom is -0.481 e. The van der Waals surface area contributed by atoms with E-state index in [4.69, 9.17) is 39.9 Å². The Morgan fingerprint density at radius 3 is 2.17 bits per heavy atom. The van der Waals surface area contributed by atoms with Crippen molar-refractivity contribution < 1.29 is 23.1 Å². The summed E-state index contributed by atoms with van der Waals surface area (Å²) in [4.78, 5) is 14.3. The number of hydrogen-bond donors (Lipinski definition) is 1. The first-order chi connectivity index (χ1) is 10.6. The van der Waals surface area contributed by atoms with Gasteiger partial charge in [0.25, 0.3) is 0 Å². The van der Waals surface area contributed by atoms with Crippen molar-refractivity contribution in [1.29, 1.82) is 0 Å². The zero-order valence-electron chi connectivity index (χ0n) is 11.1. The fourth-order valence-corrected chi connectivity index (χ4v) is 3.01. The number of hydrogen-bond acceptors (Lipinski definition) is 2. The lowest BCUT2D eigenvalue weighted by atomic mass is 10.0. The third-order valence-corrected chi connectivity index (χ3v) is 3.70. The summed E-state index contributed by atoms with van der Waals surface area (Å²) in [6.45, 7) is 0. The van der Waals surface area contributed by atoms with Crippen LogP contribution in [-0.4, -0.2) is 16.1 Å². The lowest BCUT2D eigenvalue weighted by Gasteiger charge is -2.14. The smallest absolute Gasteiger partial charge is 0.418 e. The predicted molar refractivity (Wildman–Crippen MR) is 81.0 cm³/mol. The van der Waals surface area contributed by atoms with Gasteiger partial charge in [-0.3, -0.25) is 9.78 Å². The minimum absolute atomic E-state index is 0.0122. The van der Waals surface area contributed by atoms with Gasteiger partial charge in [0.05, 0.1) is 27.7 Å². The van der Waals surface area contributed by atoms with E-state index in [0.717, 1.165) is 12.3 Å². The van der Waals surface area contributed by atoms with Crippen LogP contribution in [-0.2, 0) is 17.4 Å². The molecule has 0 saturated heterocycles. The Morgan fingerprint density at radius 1 is 1.13 bits per heavy atom. The number of pyridine rings is 1. The van der Waals surface area contributed by atoms with Gasteiger partial charge in [-0.1, -0.05) is 34.8 Å². The number of nitrogens with zero attached hydrogens (tertiary/aromatic N) is 1. The second-order valence-corrected chi connectivity index (χ2v) is 5.78. The number of alkyl halides is 3. The quantitative estimate of drug-likeness (QED) is 0.775. The highest BCUT2D eigenvalue weighted by Crippen LogP contribution is 2.40. The zero-order chi connectivity index (χ0) is 17.4. The van der Waals surface area contributed by atoms with Gasteiger partial charge in [-0.25, -0.2) is 0 Å². The molecule has 9 heteroatoms. The highest BCUT2D eigenvalue weighted by atomic mass is 35.5. The molecule has 0 fully saturated rings. The van der Waals surface area contributed by atoms with Gasteiger partial charge >= 0.3 is 12.1 Å². The molecular weight excluding hydrogens is 378 g/mol. The van der Waals surface area contributed by atoms with Crippen molar-refractivity contribution in [1.82, 2.24) is 4.98 Å². The fraction of sp³-hybridized carbons (Fsp3) is 0.143. The van der Waals surface area contributed by atoms with E-state index in [2.05, 4.69) is 4.98 Å². The molecule has 23 heavy (non-hydrogen) atoms. The lowest BCUT2D eigenvalue weighted by Crippen LogP contribution is -2.14. The summed E-state index contributed by atoms with van der Waals surface area (Å²) in [5.74, 6) is -1.42. The number of aromatic nitrogens is 1. The number of carboxylic acids is 1. The maximum atomic E-state index is 13.1. The van der Waals surface area contributed by atoms with Crippen LogP contribution in [0.2, 0.25) is 15.1 Å². The Balaban J connectivity index is 2.65. The molecule has 0 unspecified atom stereocenters. The molecule has 1 N–H and O–H groups in total. The molecule has 3 nitrogen and oxygen atoms in total. The highest BCUT2D eigenvalue weighted by molar-refractivity contribution is 6.41. The maximum Gasteiger partial charge on any atom is 0.418 e. The van der Waals surface area contributed by atoms with Crippen molar-refractivity contribution in [2.24, 2.45) is 0 Å². The molecule has 2 rings (SSSR count). The molecule has 2 aromatic rings. The summed E-state index contributed by atoms with van der Waals surface area (Å²) < 4.78 is 39.4. The van der Waals surface area contributed by atoms with Gasteiger partial charge in [0.15, 0.2) is 0 Å². The first-order valence-electron chi connectivity index (χ1n) is 6.02. The molecule has 0 aliphatic rings. The van der Waals surface area contributed by atoms with E-state index in [0.29, 0.717) is 0 Å². The van der Waals surface area contributed by atoms with Crippen molar-refractivity contribution >= 4 is 40.8 Å². The Morgan fingerprint density at radius 2 is 1.70 bits per heavy atom. The second-order valence-electron chi connectivity index (χ2n) is 4.53. The summed E-state index contributed by atoms with van der Waals surface area (Å²) in [6.07, 6.45) is -4.52. The molecule has 0 saturated carbocycles. The van der Waals surface area contributed by atoms with E-state index in [1.807, 2.05) is 0 Å². The van der Waals surface area contributed by atoms with Crippen LogP contribution in [0.1, 0.15) is 11.3 Å². The van der Waals surface area contributed by atoms with Gasteiger partial charge < -0.3 is 5.11 Å². The minimum atomic E-state index is -4.76. The molecule has 0 spiro atoms. The van der Waals surface area contributed by atoms with Crippen LogP contribution in [0.5, 0.6) is 0 Å². The number of benzene rings is 1. The average molecular weight is 385 g/mol. The van der Waals surface area contributed by atoms with Gasteiger partial charge in [0.1, 0.15) is 0 Å². The summed E-state index contributed by atoms with van der Waals surface area (Å²) in [6, 6.07) is 3.44. The molecule has 1 heterocycles. The topological polar surface area (TPSA) is 50.2 Å². The van der Waals surface area contributed by atoms with Gasteiger partial charge in [0, 0.05) is 22.3 Å².